The number of piperidine rings is 2. The Morgan fingerprint density at radius 2 is 0.988 bits per heavy atom. The van der Waals surface area contributed by atoms with Gasteiger partial charge >= 0.3 is 23.3 Å². The summed E-state index contributed by atoms with van der Waals surface area (Å²) < 4.78 is 12.5. The van der Waals surface area contributed by atoms with Crippen molar-refractivity contribution in [3.05, 3.63) is 175 Å². The number of ketones is 2. The molecule has 6 atom stereocenters. The lowest BCUT2D eigenvalue weighted by Gasteiger charge is -2.63. The molecule has 0 unspecified atom stereocenters. The maximum absolute atomic E-state index is 14.5. The number of esters is 2. The van der Waals surface area contributed by atoms with Crippen LogP contribution in [0.2, 0.25) is 0 Å². The summed E-state index contributed by atoms with van der Waals surface area (Å²) in [5.74, 6) is -3.67. The van der Waals surface area contributed by atoms with E-state index in [1.807, 2.05) is 62.6 Å². The van der Waals surface area contributed by atoms with Crippen LogP contribution in [-0.4, -0.2) is 139 Å². The van der Waals surface area contributed by atoms with Gasteiger partial charge in [-0.25, -0.2) is 29.1 Å². The van der Waals surface area contributed by atoms with Gasteiger partial charge < -0.3 is 50.1 Å². The highest BCUT2D eigenvalue weighted by Gasteiger charge is 2.67. The van der Waals surface area contributed by atoms with E-state index in [0.29, 0.717) is 73.9 Å². The second kappa shape index (κ2) is 21.9. The van der Waals surface area contributed by atoms with Crippen LogP contribution in [0.4, 0.5) is 0 Å². The Morgan fingerprint density at radius 1 is 0.583 bits per heavy atom. The van der Waals surface area contributed by atoms with Gasteiger partial charge in [-0.3, -0.25) is 19.2 Å². The molecule has 4 aliphatic carbocycles. The van der Waals surface area contributed by atoms with Crippen LogP contribution in [0.3, 0.4) is 0 Å². The molecule has 4 bridgehead atoms. The molecule has 6 aliphatic rings. The number of hydrogen-bond acceptors (Lipinski definition) is 16. The summed E-state index contributed by atoms with van der Waals surface area (Å²) in [4.78, 5) is 125. The second-order valence-electron chi connectivity index (χ2n) is 23.5. The fourth-order valence-corrected chi connectivity index (χ4v) is 14.7. The second-order valence-corrected chi connectivity index (χ2v) is 23.5. The zero-order valence-corrected chi connectivity index (χ0v) is 46.6. The van der Waals surface area contributed by atoms with Gasteiger partial charge in [-0.05, 0) is 124 Å². The van der Waals surface area contributed by atoms with Gasteiger partial charge in [0.2, 0.25) is 0 Å². The van der Waals surface area contributed by atoms with Crippen molar-refractivity contribution in [3.63, 3.8) is 0 Å². The Hall–Kier alpha value is -8.56. The van der Waals surface area contributed by atoms with Crippen molar-refractivity contribution in [1.82, 2.24) is 40.4 Å². The minimum atomic E-state index is -1.41. The average molecular weight is 1140 g/mol. The standard InChI is InChI=1S/C64H64N8O12/c1-71-27-23-61-31-45(73)17-21-63(61,81)49(71)29-41-11-13-47(57(77)65-25-19-37-3-7-39(8-4-37)43-33-67-59(79)68-34-43)55(53(41)61)83-51(75)15-16-52(76)84-56-48(58(78)66-26-20-38-5-9-40(10-6-38)44-35-69-60(80)70-36-44)14-12-42-30-50-64(82)22-18-46(74)32-62(64,54(42)56)24-28-72(50)2/h3-16,33-36,49-50,81-82H,17-32H2,1-2H3,(H,65,77)(H,66,78)(H,67,68,79)(H,69,70,80)/b16-15-/t49-,50-,61-,62-,63-,64-/m1/s1. The number of benzene rings is 4. The third-order valence-electron chi connectivity index (χ3n) is 19.0. The first kappa shape index (κ1) is 55.9. The lowest BCUT2D eigenvalue weighted by molar-refractivity contribution is -0.169. The van der Waals surface area contributed by atoms with Crippen molar-refractivity contribution in [2.75, 3.05) is 40.3 Å². The minimum Gasteiger partial charge on any atom is -0.422 e. The Labute approximate surface area is 482 Å². The number of hydrogen-bond donors (Lipinski definition) is 6. The van der Waals surface area contributed by atoms with Crippen LogP contribution >= 0.6 is 0 Å². The van der Waals surface area contributed by atoms with Gasteiger partial charge in [0.1, 0.15) is 23.1 Å². The van der Waals surface area contributed by atoms with Crippen molar-refractivity contribution in [3.8, 4) is 33.8 Å². The first-order valence-electron chi connectivity index (χ1n) is 28.6. The number of aromatic amines is 2. The molecule has 84 heavy (non-hydrogen) atoms. The smallest absolute Gasteiger partial charge is 0.344 e. The quantitative estimate of drug-likeness (QED) is 0.0507. The Balaban J connectivity index is 0.836. The number of Topliss-reactive ketones (excluding diaryl/α,β-unsaturated/α-hetero) is 2. The summed E-state index contributed by atoms with van der Waals surface area (Å²) in [5, 5.41) is 31.6. The van der Waals surface area contributed by atoms with Gasteiger partial charge in [0.05, 0.1) is 22.3 Å². The van der Waals surface area contributed by atoms with Crippen LogP contribution < -0.4 is 31.5 Å². The van der Waals surface area contributed by atoms with Gasteiger partial charge in [0, 0.05) is 121 Å². The van der Waals surface area contributed by atoms with Crippen molar-refractivity contribution < 1.29 is 48.5 Å². The van der Waals surface area contributed by atoms with Crippen LogP contribution in [0, 0.1) is 0 Å². The highest BCUT2D eigenvalue weighted by Crippen LogP contribution is 2.61. The maximum Gasteiger partial charge on any atom is 0.344 e. The highest BCUT2D eigenvalue weighted by atomic mass is 16.5. The minimum absolute atomic E-state index is 0.0109. The number of H-pyrrole nitrogens is 2. The predicted octanol–water partition coefficient (Wildman–Crippen LogP) is 4.16. The lowest BCUT2D eigenvalue weighted by Crippen LogP contribution is -2.72. The molecule has 6 N–H and O–H groups in total. The monoisotopic (exact) mass is 1140 g/mol. The summed E-state index contributed by atoms with van der Waals surface area (Å²) in [6.45, 7) is 1.39. The number of rotatable bonds is 14. The van der Waals surface area contributed by atoms with E-state index in [9.17, 15) is 48.6 Å². The van der Waals surface area contributed by atoms with Gasteiger partial charge in [0.15, 0.2) is 0 Å². The van der Waals surface area contributed by atoms with Gasteiger partial charge in [-0.1, -0.05) is 60.7 Å². The fraction of sp³-hybridized carbons (Fsp3) is 0.375. The Bertz CT molecular complexity index is 3550. The number of carbonyl (C=O) groups is 6. The predicted molar refractivity (Wildman–Crippen MR) is 306 cm³/mol. The van der Waals surface area contributed by atoms with Crippen LogP contribution in [0.1, 0.15) is 105 Å². The Kier molecular flexibility index (Phi) is 14.6. The highest BCUT2D eigenvalue weighted by molar-refractivity contribution is 6.02. The number of carbonyl (C=O) groups excluding carboxylic acids is 6. The molecule has 4 heterocycles. The summed E-state index contributed by atoms with van der Waals surface area (Å²) in [6.07, 6.45) is 10.7. The van der Waals surface area contributed by atoms with Gasteiger partial charge in [-0.15, -0.1) is 0 Å². The first-order valence-corrected chi connectivity index (χ1v) is 28.6. The number of amides is 2. The van der Waals surface area contributed by atoms with Crippen molar-refractivity contribution in [1.29, 1.82) is 0 Å². The molecule has 0 spiro atoms. The molecule has 4 fully saturated rings. The topological polar surface area (TPSA) is 283 Å². The van der Waals surface area contributed by atoms with Gasteiger partial charge in [-0.2, -0.15) is 0 Å². The maximum atomic E-state index is 14.5. The first-order chi connectivity index (χ1) is 40.4. The molecule has 2 aromatic heterocycles. The van der Waals surface area contributed by atoms with Crippen LogP contribution in [-0.2, 0) is 55.7 Å². The van der Waals surface area contributed by atoms with E-state index in [2.05, 4.69) is 40.4 Å². The SMILES string of the molecule is CN1CC[C@]23CC(=O)CC[C@@]2(O)[C@H]1Cc1ccc(C(=O)NCCc2ccc(-c4cnc(=O)[nH]c4)cc2)c(OC(=O)/C=C\C(=O)Oc2c(C(=O)NCCc4ccc(-c5cnc(=O)[nH]c5)cc4)ccc4c2[C@]25CCN(C)[C@H](C4)[C@]2(O)CCC(=O)C5)c13. The lowest BCUT2D eigenvalue weighted by atomic mass is 9.49. The third-order valence-corrected chi connectivity index (χ3v) is 19.0. The van der Waals surface area contributed by atoms with E-state index in [-0.39, 0.29) is 97.9 Å². The third kappa shape index (κ3) is 9.79. The van der Waals surface area contributed by atoms with Crippen molar-refractivity contribution in [2.45, 2.75) is 111 Å². The van der Waals surface area contributed by atoms with E-state index in [1.165, 1.54) is 12.4 Å². The number of nitrogens with zero attached hydrogens (tertiary/aromatic N) is 4. The van der Waals surface area contributed by atoms with E-state index in [1.54, 1.807) is 36.7 Å². The molecule has 6 aromatic rings. The molecular weight excluding hydrogens is 1070 g/mol. The summed E-state index contributed by atoms with van der Waals surface area (Å²) >= 11 is 0. The van der Waals surface area contributed by atoms with E-state index >= 15 is 0 Å². The number of nitrogens with one attached hydrogen (secondary N) is 4. The van der Waals surface area contributed by atoms with E-state index < -0.39 is 57.2 Å². The number of aliphatic hydroxyl groups is 2. The fourth-order valence-electron chi connectivity index (χ4n) is 14.7. The molecule has 12 rings (SSSR count). The molecule has 20 heteroatoms. The number of fused-ring (bicyclic) bond motifs is 2. The molecular formula is C64H64N8O12. The van der Waals surface area contributed by atoms with Crippen molar-refractivity contribution >= 4 is 35.3 Å². The summed E-state index contributed by atoms with van der Waals surface area (Å²) in [7, 11) is 3.88. The molecule has 4 aromatic carbocycles. The van der Waals surface area contributed by atoms with E-state index in [4.69, 9.17) is 9.47 Å². The van der Waals surface area contributed by atoms with Crippen LogP contribution in [0.25, 0.3) is 22.3 Å². The zero-order chi connectivity index (χ0) is 58.7. The molecule has 2 saturated carbocycles. The molecule has 20 nitrogen and oxygen atoms in total. The van der Waals surface area contributed by atoms with Crippen molar-refractivity contribution in [2.24, 2.45) is 0 Å². The summed E-state index contributed by atoms with van der Waals surface area (Å²) in [6, 6.07) is 21.1. The molecule has 2 saturated heterocycles. The number of aromatic nitrogens is 4. The molecule has 0 radical (unpaired) electrons. The Morgan fingerprint density at radius 3 is 1.37 bits per heavy atom. The average Bonchev–Trinajstić information content (AvgIpc) is 0.713. The van der Waals surface area contributed by atoms with Crippen LogP contribution in [0.15, 0.2) is 119 Å². The summed E-state index contributed by atoms with van der Waals surface area (Å²) in [5.41, 5.74) is 0.973. The van der Waals surface area contributed by atoms with Crippen LogP contribution in [0.5, 0.6) is 11.5 Å². The molecule has 2 aliphatic heterocycles. The molecule has 432 valence electrons. The number of ether oxygens (including phenoxy) is 2. The molecule has 2 amide bonds. The van der Waals surface area contributed by atoms with Gasteiger partial charge in [0.25, 0.3) is 11.8 Å². The number of likely N-dealkylation sites (tertiary alicyclic amines) is 2. The normalized spacial score (nSPS) is 25.1. The number of likely N-dealkylation sites (N-methyl/N-ethyl adjacent to an activating group) is 2. The van der Waals surface area contributed by atoms with E-state index in [0.717, 1.165) is 45.5 Å². The zero-order valence-electron chi connectivity index (χ0n) is 46.6. The largest absolute Gasteiger partial charge is 0.422 e.